The molecule has 2 aromatic heterocycles. The fraction of sp³-hybridized carbons (Fsp3) is 0.261. The van der Waals surface area contributed by atoms with Crippen molar-refractivity contribution >= 4 is 62.4 Å². The summed E-state index contributed by atoms with van der Waals surface area (Å²) in [5.41, 5.74) is 3.75. The summed E-state index contributed by atoms with van der Waals surface area (Å²) in [7, 11) is 0. The second kappa shape index (κ2) is 20.1. The number of carboxylic acid groups (broad SMARTS) is 2. The van der Waals surface area contributed by atoms with Gasteiger partial charge in [0.05, 0.1) is 11.4 Å². The smallest absolute Gasteiger partial charge is 0.347 e. The van der Waals surface area contributed by atoms with Gasteiger partial charge in [0, 0.05) is 28.7 Å². The fourth-order valence-corrected chi connectivity index (χ4v) is 7.73. The van der Waals surface area contributed by atoms with Crippen LogP contribution in [0.3, 0.4) is 0 Å². The van der Waals surface area contributed by atoms with Crippen LogP contribution in [0.15, 0.2) is 102 Å². The summed E-state index contributed by atoms with van der Waals surface area (Å²) in [6.45, 7) is 12.4. The number of amides is 2. The molecular weight excluding hydrogens is 881 g/mol. The maximum atomic E-state index is 12.7. The lowest BCUT2D eigenvalue weighted by Crippen LogP contribution is -2.37. The molecule has 4 N–H and O–H groups in total. The van der Waals surface area contributed by atoms with Crippen molar-refractivity contribution in [2.24, 2.45) is 0 Å². The van der Waals surface area contributed by atoms with Crippen LogP contribution in [0, 0.1) is 13.8 Å². The molecular formula is C46H47BrN4O8S2. The molecule has 4 aromatic carbocycles. The number of hydrogen-bond donors (Lipinski definition) is 4. The highest BCUT2D eigenvalue weighted by atomic mass is 79.9. The standard InChI is InChI=1S/C24H26N2O4S.C22H21BrN2O4S/c1-5-16-6-10-18(11-7-16)22-26-15(2)20(31-22)21(27)25-14-17-8-12-19(13-9-17)30-24(3,4)23(28)29;1-13-18(30-20(25-13)15-6-8-16(23)9-7-15)19(26)24-12-14-4-10-17(11-5-14)29-22(2,3)21(27)28/h6-13H,5,14H2,1-4H3,(H,25,27)(H,28,29);4-11H,12H2,1-3H3,(H,24,26)(H,27,28). The summed E-state index contributed by atoms with van der Waals surface area (Å²) in [6, 6.07) is 30.0. The molecule has 0 aliphatic heterocycles. The van der Waals surface area contributed by atoms with E-state index in [2.05, 4.69) is 55.6 Å². The number of aliphatic carboxylic acids is 2. The van der Waals surface area contributed by atoms with E-state index in [0.717, 1.165) is 43.2 Å². The van der Waals surface area contributed by atoms with Crippen LogP contribution >= 0.6 is 38.6 Å². The van der Waals surface area contributed by atoms with E-state index in [9.17, 15) is 19.2 Å². The van der Waals surface area contributed by atoms with Gasteiger partial charge in [-0.3, -0.25) is 9.59 Å². The Labute approximate surface area is 371 Å². The molecule has 12 nitrogen and oxygen atoms in total. The molecule has 2 heterocycles. The first-order chi connectivity index (χ1) is 28.8. The van der Waals surface area contributed by atoms with Crippen LogP contribution in [0.4, 0.5) is 0 Å². The second-order valence-corrected chi connectivity index (χ2v) is 17.8. The maximum absolute atomic E-state index is 12.7. The summed E-state index contributed by atoms with van der Waals surface area (Å²) >= 11 is 6.15. The number of halogens is 1. The predicted octanol–water partition coefficient (Wildman–Crippen LogP) is 9.91. The van der Waals surface area contributed by atoms with E-state index in [4.69, 9.17) is 19.7 Å². The topological polar surface area (TPSA) is 177 Å². The van der Waals surface area contributed by atoms with Gasteiger partial charge < -0.3 is 30.3 Å². The Hall–Kier alpha value is -5.90. The zero-order valence-electron chi connectivity index (χ0n) is 34.8. The second-order valence-electron chi connectivity index (χ2n) is 14.9. The molecule has 0 aliphatic carbocycles. The number of aryl methyl sites for hydroxylation is 3. The highest BCUT2D eigenvalue weighted by molar-refractivity contribution is 9.10. The lowest BCUT2D eigenvalue weighted by atomic mass is 10.1. The van der Waals surface area contributed by atoms with Gasteiger partial charge in [0.25, 0.3) is 11.8 Å². The van der Waals surface area contributed by atoms with Crippen molar-refractivity contribution in [1.29, 1.82) is 0 Å². The third kappa shape index (κ3) is 12.6. The van der Waals surface area contributed by atoms with Crippen molar-refractivity contribution in [2.45, 2.75) is 79.2 Å². The van der Waals surface area contributed by atoms with E-state index < -0.39 is 23.1 Å². The van der Waals surface area contributed by atoms with Gasteiger partial charge in [-0.1, -0.05) is 83.5 Å². The molecule has 6 rings (SSSR count). The van der Waals surface area contributed by atoms with Gasteiger partial charge in [-0.25, -0.2) is 19.6 Å². The molecule has 15 heteroatoms. The summed E-state index contributed by atoms with van der Waals surface area (Å²) < 4.78 is 12.0. The quantitative estimate of drug-likeness (QED) is 0.0775. The number of nitrogens with zero attached hydrogens (tertiary/aromatic N) is 2. The van der Waals surface area contributed by atoms with Gasteiger partial charge in [0.2, 0.25) is 0 Å². The summed E-state index contributed by atoms with van der Waals surface area (Å²) in [5.74, 6) is -1.51. The number of thiazole rings is 2. The van der Waals surface area contributed by atoms with Crippen LogP contribution in [0.25, 0.3) is 21.1 Å². The largest absolute Gasteiger partial charge is 0.478 e. The number of ether oxygens (including phenoxy) is 2. The number of carbonyl (C=O) groups is 4. The fourth-order valence-electron chi connectivity index (χ4n) is 5.49. The molecule has 0 bridgehead atoms. The van der Waals surface area contributed by atoms with Crippen molar-refractivity contribution in [2.75, 3.05) is 0 Å². The summed E-state index contributed by atoms with van der Waals surface area (Å²) in [4.78, 5) is 57.9. The Morgan fingerprint density at radius 1 is 0.590 bits per heavy atom. The van der Waals surface area contributed by atoms with Crippen LogP contribution in [-0.2, 0) is 29.1 Å². The SMILES string of the molecule is CCc1ccc(-c2nc(C)c(C(=O)NCc3ccc(OC(C)(C)C(=O)O)cc3)s2)cc1.Cc1nc(-c2ccc(Br)cc2)sc1C(=O)NCc1ccc(OC(C)(C)C(=O)O)cc1. The third-order valence-electron chi connectivity index (χ3n) is 9.23. The normalized spacial score (nSPS) is 11.2. The molecule has 6 aromatic rings. The van der Waals surface area contributed by atoms with E-state index in [1.54, 1.807) is 48.5 Å². The number of hydrogen-bond acceptors (Lipinski definition) is 10. The molecule has 0 unspecified atom stereocenters. The first-order valence-electron chi connectivity index (χ1n) is 19.2. The highest BCUT2D eigenvalue weighted by Crippen LogP contribution is 2.30. The number of carboxylic acids is 2. The van der Waals surface area contributed by atoms with Crippen LogP contribution in [-0.4, -0.2) is 55.1 Å². The maximum Gasteiger partial charge on any atom is 0.347 e. The lowest BCUT2D eigenvalue weighted by Gasteiger charge is -2.21. The molecule has 61 heavy (non-hydrogen) atoms. The van der Waals surface area contributed by atoms with Crippen molar-refractivity contribution in [3.05, 3.63) is 139 Å². The first kappa shape index (κ1) is 46.2. The Morgan fingerprint density at radius 3 is 1.28 bits per heavy atom. The van der Waals surface area contributed by atoms with E-state index in [-0.39, 0.29) is 11.8 Å². The number of benzene rings is 4. The number of nitrogens with one attached hydrogen (secondary N) is 2. The molecule has 0 saturated heterocycles. The molecule has 0 fully saturated rings. The van der Waals surface area contributed by atoms with E-state index in [0.29, 0.717) is 45.7 Å². The third-order valence-corrected chi connectivity index (χ3v) is 12.2. The van der Waals surface area contributed by atoms with Gasteiger partial charge in [-0.2, -0.15) is 0 Å². The molecule has 0 saturated carbocycles. The van der Waals surface area contributed by atoms with Crippen LogP contribution in [0.2, 0.25) is 0 Å². The number of carbonyl (C=O) groups excluding carboxylic acids is 2. The Balaban J connectivity index is 0.000000231. The average molecular weight is 928 g/mol. The van der Waals surface area contributed by atoms with E-state index in [1.807, 2.05) is 50.2 Å². The summed E-state index contributed by atoms with van der Waals surface area (Å²) in [5, 5.41) is 25.7. The monoisotopic (exact) mass is 926 g/mol. The minimum absolute atomic E-state index is 0.168. The van der Waals surface area contributed by atoms with Crippen LogP contribution in [0.5, 0.6) is 11.5 Å². The van der Waals surface area contributed by atoms with Gasteiger partial charge in [0.15, 0.2) is 11.2 Å². The summed E-state index contributed by atoms with van der Waals surface area (Å²) in [6.07, 6.45) is 0.981. The van der Waals surface area contributed by atoms with E-state index in [1.165, 1.54) is 55.9 Å². The molecule has 0 radical (unpaired) electrons. The van der Waals surface area contributed by atoms with Crippen molar-refractivity contribution in [1.82, 2.24) is 20.6 Å². The van der Waals surface area contributed by atoms with Crippen molar-refractivity contribution in [3.8, 4) is 32.6 Å². The van der Waals surface area contributed by atoms with Gasteiger partial charge in [-0.05, 0) is 101 Å². The number of rotatable bonds is 15. The Kier molecular flexibility index (Phi) is 15.2. The molecule has 318 valence electrons. The average Bonchev–Trinajstić information content (AvgIpc) is 3.82. The van der Waals surface area contributed by atoms with Crippen LogP contribution < -0.4 is 20.1 Å². The Morgan fingerprint density at radius 2 is 0.934 bits per heavy atom. The molecule has 0 spiro atoms. The van der Waals surface area contributed by atoms with E-state index >= 15 is 0 Å². The molecule has 0 aliphatic rings. The zero-order chi connectivity index (χ0) is 44.5. The Bertz CT molecular complexity index is 2480. The predicted molar refractivity (Wildman–Crippen MR) is 242 cm³/mol. The molecule has 2 amide bonds. The van der Waals surface area contributed by atoms with Gasteiger partial charge in [-0.15, -0.1) is 22.7 Å². The minimum atomic E-state index is -1.31. The minimum Gasteiger partial charge on any atom is -0.478 e. The lowest BCUT2D eigenvalue weighted by molar-refractivity contribution is -0.152. The van der Waals surface area contributed by atoms with Gasteiger partial charge >= 0.3 is 11.9 Å². The van der Waals surface area contributed by atoms with Crippen molar-refractivity contribution < 1.29 is 38.9 Å². The van der Waals surface area contributed by atoms with Crippen molar-refractivity contribution in [3.63, 3.8) is 0 Å². The van der Waals surface area contributed by atoms with Gasteiger partial charge in [0.1, 0.15) is 31.3 Å². The molecule has 0 atom stereocenters. The number of aromatic nitrogens is 2. The zero-order valence-corrected chi connectivity index (χ0v) is 38.0. The first-order valence-corrected chi connectivity index (χ1v) is 21.7. The highest BCUT2D eigenvalue weighted by Gasteiger charge is 2.30. The van der Waals surface area contributed by atoms with Crippen LogP contribution in [0.1, 0.15) is 82.0 Å².